The van der Waals surface area contributed by atoms with Gasteiger partial charge < -0.3 is 10.4 Å². The molecule has 0 aromatic heterocycles. The molecule has 2 rings (SSSR count). The lowest BCUT2D eigenvalue weighted by Crippen LogP contribution is -2.12. The van der Waals surface area contributed by atoms with Gasteiger partial charge in [0.15, 0.2) is 0 Å². The van der Waals surface area contributed by atoms with Gasteiger partial charge in [0, 0.05) is 0 Å². The third-order valence-electron chi connectivity index (χ3n) is 2.33. The van der Waals surface area contributed by atoms with E-state index in [2.05, 4.69) is 5.32 Å². The Balaban J connectivity index is 2.25. The largest absolute Gasteiger partial charge is 0.506 e. The maximum absolute atomic E-state index is 12.8. The number of hydrogen-bond donors (Lipinski definition) is 2. The number of carbonyl (C=O) groups is 1. The van der Waals surface area contributed by atoms with Gasteiger partial charge in [-0.15, -0.1) is 0 Å². The number of carbonyl (C=O) groups excluding carboxylic acids is 1. The van der Waals surface area contributed by atoms with Crippen LogP contribution in [-0.2, 0) is 0 Å². The Hall–Kier alpha value is -2.07. The Kier molecular flexibility index (Phi) is 3.48. The smallest absolute Gasteiger partial charge is 0.257 e. The predicted molar refractivity (Wildman–Crippen MR) is 67.5 cm³/mol. The first-order valence-electron chi connectivity index (χ1n) is 5.12. The second-order valence-corrected chi connectivity index (χ2v) is 4.00. The number of phenols is 1. The average molecular weight is 266 g/mol. The summed E-state index contributed by atoms with van der Waals surface area (Å²) in [6, 6.07) is 9.78. The quantitative estimate of drug-likeness (QED) is 0.817. The molecule has 92 valence electrons. The molecule has 0 atom stereocenters. The Morgan fingerprint density at radius 2 is 1.94 bits per heavy atom. The highest BCUT2D eigenvalue weighted by atomic mass is 35.5. The lowest BCUT2D eigenvalue weighted by atomic mass is 10.2. The standard InChI is InChI=1S/C13H9ClFNO2/c14-10-7-8(15)5-6-9(10)13(18)16-11-3-1-2-4-12(11)17/h1-7,17H,(H,16,18). The van der Waals surface area contributed by atoms with Crippen molar-refractivity contribution in [1.82, 2.24) is 0 Å². The van der Waals surface area contributed by atoms with Crippen LogP contribution in [0.3, 0.4) is 0 Å². The van der Waals surface area contributed by atoms with Crippen molar-refractivity contribution >= 4 is 23.2 Å². The highest BCUT2D eigenvalue weighted by Crippen LogP contribution is 2.24. The first-order chi connectivity index (χ1) is 8.58. The molecule has 0 aliphatic heterocycles. The van der Waals surface area contributed by atoms with E-state index in [1.54, 1.807) is 18.2 Å². The highest BCUT2D eigenvalue weighted by molar-refractivity contribution is 6.34. The summed E-state index contributed by atoms with van der Waals surface area (Å²) >= 11 is 5.77. The summed E-state index contributed by atoms with van der Waals surface area (Å²) in [6.45, 7) is 0. The molecule has 0 bridgehead atoms. The summed E-state index contributed by atoms with van der Waals surface area (Å²) in [5, 5.41) is 12.0. The van der Waals surface area contributed by atoms with Crippen LogP contribution in [0.5, 0.6) is 5.75 Å². The van der Waals surface area contributed by atoms with Gasteiger partial charge >= 0.3 is 0 Å². The van der Waals surface area contributed by atoms with E-state index in [9.17, 15) is 14.3 Å². The van der Waals surface area contributed by atoms with E-state index < -0.39 is 11.7 Å². The summed E-state index contributed by atoms with van der Waals surface area (Å²) < 4.78 is 12.8. The van der Waals surface area contributed by atoms with E-state index in [-0.39, 0.29) is 22.0 Å². The molecular weight excluding hydrogens is 257 g/mol. The number of rotatable bonds is 2. The van der Waals surface area contributed by atoms with Gasteiger partial charge in [0.05, 0.1) is 16.3 Å². The number of aromatic hydroxyl groups is 1. The summed E-state index contributed by atoms with van der Waals surface area (Å²) in [6.07, 6.45) is 0. The third-order valence-corrected chi connectivity index (χ3v) is 2.64. The molecule has 0 saturated heterocycles. The fourth-order valence-electron chi connectivity index (χ4n) is 1.44. The molecule has 2 aromatic carbocycles. The molecule has 18 heavy (non-hydrogen) atoms. The summed E-state index contributed by atoms with van der Waals surface area (Å²) in [5.41, 5.74) is 0.407. The molecule has 0 heterocycles. The minimum absolute atomic E-state index is 0.0166. The van der Waals surface area contributed by atoms with Crippen molar-refractivity contribution in [3.05, 3.63) is 58.9 Å². The van der Waals surface area contributed by atoms with Crippen LogP contribution in [0.15, 0.2) is 42.5 Å². The number of para-hydroxylation sites is 2. The predicted octanol–water partition coefficient (Wildman–Crippen LogP) is 3.44. The number of halogens is 2. The van der Waals surface area contributed by atoms with Crippen molar-refractivity contribution in [2.24, 2.45) is 0 Å². The van der Waals surface area contributed by atoms with Crippen molar-refractivity contribution < 1.29 is 14.3 Å². The van der Waals surface area contributed by atoms with Crippen LogP contribution in [0.4, 0.5) is 10.1 Å². The molecule has 0 radical (unpaired) electrons. The van der Waals surface area contributed by atoms with Crippen molar-refractivity contribution in [2.45, 2.75) is 0 Å². The molecule has 0 saturated carbocycles. The van der Waals surface area contributed by atoms with E-state index in [1.807, 2.05) is 0 Å². The van der Waals surface area contributed by atoms with Crippen LogP contribution in [0.1, 0.15) is 10.4 Å². The van der Waals surface area contributed by atoms with Crippen LogP contribution < -0.4 is 5.32 Å². The molecule has 0 unspecified atom stereocenters. The number of anilines is 1. The van der Waals surface area contributed by atoms with E-state index in [0.717, 1.165) is 12.1 Å². The molecule has 0 aliphatic carbocycles. The first kappa shape index (κ1) is 12.4. The third kappa shape index (κ3) is 2.60. The number of nitrogens with one attached hydrogen (secondary N) is 1. The van der Waals surface area contributed by atoms with Crippen LogP contribution in [0.25, 0.3) is 0 Å². The van der Waals surface area contributed by atoms with Gasteiger partial charge in [0.1, 0.15) is 11.6 Å². The maximum Gasteiger partial charge on any atom is 0.257 e. The maximum atomic E-state index is 12.8. The zero-order valence-electron chi connectivity index (χ0n) is 9.15. The van der Waals surface area contributed by atoms with Crippen LogP contribution in [0.2, 0.25) is 5.02 Å². The normalized spacial score (nSPS) is 10.1. The van der Waals surface area contributed by atoms with Gasteiger partial charge in [-0.1, -0.05) is 23.7 Å². The van der Waals surface area contributed by atoms with Gasteiger partial charge in [-0.05, 0) is 30.3 Å². The molecule has 1 amide bonds. The molecule has 2 aromatic rings. The Morgan fingerprint density at radius 3 is 2.61 bits per heavy atom. The fraction of sp³-hybridized carbons (Fsp3) is 0. The van der Waals surface area contributed by atoms with Crippen LogP contribution in [0, 0.1) is 5.82 Å². The first-order valence-corrected chi connectivity index (χ1v) is 5.50. The number of amides is 1. The topological polar surface area (TPSA) is 49.3 Å². The summed E-state index contributed by atoms with van der Waals surface area (Å²) in [4.78, 5) is 11.9. The number of benzene rings is 2. The van der Waals surface area contributed by atoms with Crippen molar-refractivity contribution in [2.75, 3.05) is 5.32 Å². The molecule has 0 aliphatic rings. The Labute approximate surface area is 108 Å². The highest BCUT2D eigenvalue weighted by Gasteiger charge is 2.12. The van der Waals surface area contributed by atoms with Gasteiger partial charge in [-0.3, -0.25) is 4.79 Å². The molecular formula is C13H9ClFNO2. The average Bonchev–Trinajstić information content (AvgIpc) is 2.32. The zero-order chi connectivity index (χ0) is 13.1. The lowest BCUT2D eigenvalue weighted by molar-refractivity contribution is 0.102. The van der Waals surface area contributed by atoms with Gasteiger partial charge in [-0.25, -0.2) is 4.39 Å². The lowest BCUT2D eigenvalue weighted by Gasteiger charge is -2.08. The zero-order valence-corrected chi connectivity index (χ0v) is 9.91. The van der Waals surface area contributed by atoms with Crippen molar-refractivity contribution in [3.63, 3.8) is 0 Å². The van der Waals surface area contributed by atoms with Gasteiger partial charge in [0.2, 0.25) is 0 Å². The minimum Gasteiger partial charge on any atom is -0.506 e. The van der Waals surface area contributed by atoms with E-state index >= 15 is 0 Å². The molecule has 0 fully saturated rings. The van der Waals surface area contributed by atoms with E-state index in [4.69, 9.17) is 11.6 Å². The van der Waals surface area contributed by atoms with Crippen molar-refractivity contribution in [1.29, 1.82) is 0 Å². The molecule has 5 heteroatoms. The molecule has 2 N–H and O–H groups in total. The Morgan fingerprint density at radius 1 is 1.22 bits per heavy atom. The molecule has 0 spiro atoms. The van der Waals surface area contributed by atoms with Crippen molar-refractivity contribution in [3.8, 4) is 5.75 Å². The van der Waals surface area contributed by atoms with E-state index in [0.29, 0.717) is 0 Å². The van der Waals surface area contributed by atoms with E-state index in [1.165, 1.54) is 12.1 Å². The van der Waals surface area contributed by atoms with Crippen LogP contribution in [-0.4, -0.2) is 11.0 Å². The summed E-state index contributed by atoms with van der Waals surface area (Å²) in [5.74, 6) is -1.08. The summed E-state index contributed by atoms with van der Waals surface area (Å²) in [7, 11) is 0. The SMILES string of the molecule is O=C(Nc1ccccc1O)c1ccc(F)cc1Cl. The monoisotopic (exact) mass is 265 g/mol. The molecule has 3 nitrogen and oxygen atoms in total. The van der Waals surface area contributed by atoms with Gasteiger partial charge in [0.25, 0.3) is 5.91 Å². The second-order valence-electron chi connectivity index (χ2n) is 3.60. The Bertz CT molecular complexity index is 601. The second kappa shape index (κ2) is 5.06. The van der Waals surface area contributed by atoms with Gasteiger partial charge in [-0.2, -0.15) is 0 Å². The van der Waals surface area contributed by atoms with Crippen LogP contribution >= 0.6 is 11.6 Å². The number of hydrogen-bond acceptors (Lipinski definition) is 2. The number of phenolic OH excluding ortho intramolecular Hbond substituents is 1. The minimum atomic E-state index is -0.515. The fourth-order valence-corrected chi connectivity index (χ4v) is 1.70.